The number of carbonyl (C=O) groups is 2. The van der Waals surface area contributed by atoms with Crippen LogP contribution in [0.2, 0.25) is 0 Å². The molecule has 29 heavy (non-hydrogen) atoms. The number of nitrogens with one attached hydrogen (secondary N) is 1. The average Bonchev–Trinajstić information content (AvgIpc) is 2.64. The summed E-state index contributed by atoms with van der Waals surface area (Å²) in [7, 11) is 1.66. The zero-order valence-electron chi connectivity index (χ0n) is 18.2. The molecular formula is C21H35NO7. The standard InChI is InChI=1S/C19H33NO3.C2H2O4/c1-7-8-14(2)20-12-15(21)13-23-18-10-9-16(22-6)11-17(18)19(3,4)5;3-1(4)2(5)6/h9-11,14-15,20-21H,7-8,12-13H2,1-6H3;(H,3,4)(H,5,6). The van der Waals surface area contributed by atoms with Crippen molar-refractivity contribution in [2.75, 3.05) is 20.3 Å². The predicted molar refractivity (Wildman–Crippen MR) is 111 cm³/mol. The maximum absolute atomic E-state index is 10.1. The number of benzene rings is 1. The molecule has 0 saturated heterocycles. The Bertz CT molecular complexity index is 628. The number of hydrogen-bond acceptors (Lipinski definition) is 6. The summed E-state index contributed by atoms with van der Waals surface area (Å²) in [6, 6.07) is 6.22. The van der Waals surface area contributed by atoms with Gasteiger partial charge in [0.15, 0.2) is 0 Å². The minimum Gasteiger partial charge on any atom is -0.497 e. The van der Waals surface area contributed by atoms with Gasteiger partial charge in [0.05, 0.1) is 7.11 Å². The van der Waals surface area contributed by atoms with E-state index >= 15 is 0 Å². The van der Waals surface area contributed by atoms with Crippen LogP contribution in [0.4, 0.5) is 0 Å². The SMILES string of the molecule is CCCC(C)NCC(O)COc1ccc(OC)cc1C(C)(C)C.O=C(O)C(=O)O. The first-order valence-electron chi connectivity index (χ1n) is 9.61. The molecule has 0 aromatic heterocycles. The molecule has 8 nitrogen and oxygen atoms in total. The number of aliphatic carboxylic acids is 2. The van der Waals surface area contributed by atoms with Crippen molar-refractivity contribution in [2.24, 2.45) is 0 Å². The number of aliphatic hydroxyl groups excluding tert-OH is 1. The molecule has 0 amide bonds. The number of rotatable bonds is 9. The van der Waals surface area contributed by atoms with Gasteiger partial charge in [-0.15, -0.1) is 0 Å². The maximum Gasteiger partial charge on any atom is 0.414 e. The fourth-order valence-corrected chi connectivity index (χ4v) is 2.47. The van der Waals surface area contributed by atoms with E-state index in [0.717, 1.165) is 29.9 Å². The van der Waals surface area contributed by atoms with Crippen molar-refractivity contribution in [3.8, 4) is 11.5 Å². The molecule has 2 atom stereocenters. The summed E-state index contributed by atoms with van der Waals surface area (Å²) >= 11 is 0. The molecule has 1 rings (SSSR count). The number of methoxy groups -OCH3 is 1. The lowest BCUT2D eigenvalue weighted by molar-refractivity contribution is -0.159. The van der Waals surface area contributed by atoms with Crippen LogP contribution >= 0.6 is 0 Å². The molecule has 2 unspecified atom stereocenters. The van der Waals surface area contributed by atoms with Crippen LogP contribution in [0.5, 0.6) is 11.5 Å². The highest BCUT2D eigenvalue weighted by Crippen LogP contribution is 2.34. The van der Waals surface area contributed by atoms with E-state index in [9.17, 15) is 5.11 Å². The highest BCUT2D eigenvalue weighted by atomic mass is 16.5. The lowest BCUT2D eigenvalue weighted by atomic mass is 9.86. The van der Waals surface area contributed by atoms with Crippen LogP contribution in [-0.4, -0.2) is 59.7 Å². The van der Waals surface area contributed by atoms with Crippen molar-refractivity contribution in [1.82, 2.24) is 5.32 Å². The third kappa shape index (κ3) is 11.3. The summed E-state index contributed by atoms with van der Waals surface area (Å²) in [5.41, 5.74) is 1.03. The van der Waals surface area contributed by atoms with E-state index in [0.29, 0.717) is 12.6 Å². The number of ether oxygens (including phenoxy) is 2. The molecule has 0 saturated carbocycles. The molecule has 166 valence electrons. The van der Waals surface area contributed by atoms with Crippen LogP contribution in [0, 0.1) is 0 Å². The highest BCUT2D eigenvalue weighted by molar-refractivity contribution is 6.27. The lowest BCUT2D eigenvalue weighted by Crippen LogP contribution is -2.36. The van der Waals surface area contributed by atoms with Gasteiger partial charge in [0.2, 0.25) is 0 Å². The number of carboxylic acids is 2. The molecule has 1 aromatic rings. The topological polar surface area (TPSA) is 125 Å². The molecule has 0 aliphatic heterocycles. The maximum atomic E-state index is 10.1. The third-order valence-electron chi connectivity index (χ3n) is 4.03. The Balaban J connectivity index is 0.00000113. The van der Waals surface area contributed by atoms with Gasteiger partial charge >= 0.3 is 11.9 Å². The number of carboxylic acid groups (broad SMARTS) is 2. The van der Waals surface area contributed by atoms with E-state index in [1.165, 1.54) is 0 Å². The van der Waals surface area contributed by atoms with Crippen molar-refractivity contribution in [1.29, 1.82) is 0 Å². The summed E-state index contributed by atoms with van der Waals surface area (Å²) in [4.78, 5) is 18.2. The monoisotopic (exact) mass is 413 g/mol. The largest absolute Gasteiger partial charge is 0.497 e. The lowest BCUT2D eigenvalue weighted by Gasteiger charge is -2.24. The van der Waals surface area contributed by atoms with Crippen molar-refractivity contribution in [3.05, 3.63) is 23.8 Å². The molecule has 0 bridgehead atoms. The van der Waals surface area contributed by atoms with Gasteiger partial charge in [-0.25, -0.2) is 9.59 Å². The fraction of sp³-hybridized carbons (Fsp3) is 0.619. The minimum absolute atomic E-state index is 0.0529. The quantitative estimate of drug-likeness (QED) is 0.455. The first kappa shape index (κ1) is 26.7. The van der Waals surface area contributed by atoms with Crippen molar-refractivity contribution < 1.29 is 34.4 Å². The van der Waals surface area contributed by atoms with Crippen LogP contribution in [-0.2, 0) is 15.0 Å². The van der Waals surface area contributed by atoms with E-state index in [-0.39, 0.29) is 12.0 Å². The minimum atomic E-state index is -1.82. The van der Waals surface area contributed by atoms with Crippen LogP contribution in [0.3, 0.4) is 0 Å². The van der Waals surface area contributed by atoms with E-state index in [1.54, 1.807) is 7.11 Å². The molecule has 0 aliphatic rings. The van der Waals surface area contributed by atoms with Gasteiger partial charge in [0.25, 0.3) is 0 Å². The first-order chi connectivity index (χ1) is 13.4. The normalized spacial score (nSPS) is 12.9. The van der Waals surface area contributed by atoms with E-state index in [2.05, 4.69) is 39.9 Å². The second-order valence-electron chi connectivity index (χ2n) is 7.79. The van der Waals surface area contributed by atoms with Crippen molar-refractivity contribution >= 4 is 11.9 Å². The van der Waals surface area contributed by atoms with E-state index in [4.69, 9.17) is 29.3 Å². The van der Waals surface area contributed by atoms with Crippen molar-refractivity contribution in [2.45, 2.75) is 65.0 Å². The summed E-state index contributed by atoms with van der Waals surface area (Å²) in [5.74, 6) is -2.03. The van der Waals surface area contributed by atoms with Gasteiger partial charge in [0.1, 0.15) is 24.2 Å². The van der Waals surface area contributed by atoms with Gasteiger partial charge in [-0.05, 0) is 37.0 Å². The van der Waals surface area contributed by atoms with Crippen LogP contribution in [0.25, 0.3) is 0 Å². The van der Waals surface area contributed by atoms with Crippen LogP contribution in [0.1, 0.15) is 53.0 Å². The molecule has 0 spiro atoms. The van der Waals surface area contributed by atoms with Crippen molar-refractivity contribution in [3.63, 3.8) is 0 Å². The number of hydrogen-bond donors (Lipinski definition) is 4. The first-order valence-corrected chi connectivity index (χ1v) is 9.61. The van der Waals surface area contributed by atoms with Crippen LogP contribution < -0.4 is 14.8 Å². The Morgan fingerprint density at radius 3 is 2.21 bits per heavy atom. The molecule has 8 heteroatoms. The summed E-state index contributed by atoms with van der Waals surface area (Å²) in [6.45, 7) is 11.5. The molecular weight excluding hydrogens is 378 g/mol. The van der Waals surface area contributed by atoms with Gasteiger partial charge in [-0.2, -0.15) is 0 Å². The third-order valence-corrected chi connectivity index (χ3v) is 4.03. The van der Waals surface area contributed by atoms with Gasteiger partial charge < -0.3 is 30.1 Å². The molecule has 0 radical (unpaired) electrons. The molecule has 1 aromatic carbocycles. The number of aliphatic hydroxyl groups is 1. The second kappa shape index (κ2) is 13.0. The fourth-order valence-electron chi connectivity index (χ4n) is 2.47. The Labute approximate surface area is 172 Å². The Morgan fingerprint density at radius 1 is 1.17 bits per heavy atom. The van der Waals surface area contributed by atoms with E-state index in [1.807, 2.05) is 18.2 Å². The summed E-state index contributed by atoms with van der Waals surface area (Å²) in [5, 5.41) is 28.2. The highest BCUT2D eigenvalue weighted by Gasteiger charge is 2.20. The molecule has 4 N–H and O–H groups in total. The van der Waals surface area contributed by atoms with Gasteiger partial charge in [-0.1, -0.05) is 34.1 Å². The Hall–Kier alpha value is -2.32. The average molecular weight is 414 g/mol. The van der Waals surface area contributed by atoms with E-state index < -0.39 is 18.0 Å². The van der Waals surface area contributed by atoms with Crippen LogP contribution in [0.15, 0.2) is 18.2 Å². The van der Waals surface area contributed by atoms with Gasteiger partial charge in [-0.3, -0.25) is 0 Å². The molecule has 0 heterocycles. The van der Waals surface area contributed by atoms with Gasteiger partial charge in [0, 0.05) is 18.2 Å². The Kier molecular flexibility index (Phi) is 12.0. The zero-order chi connectivity index (χ0) is 22.6. The second-order valence-corrected chi connectivity index (χ2v) is 7.79. The molecule has 0 aliphatic carbocycles. The zero-order valence-corrected chi connectivity index (χ0v) is 18.2. The smallest absolute Gasteiger partial charge is 0.414 e. The molecule has 0 fully saturated rings. The Morgan fingerprint density at radius 2 is 1.76 bits per heavy atom. The predicted octanol–water partition coefficient (Wildman–Crippen LogP) is 2.67. The summed E-state index contributed by atoms with van der Waals surface area (Å²) < 4.78 is 11.2. The summed E-state index contributed by atoms with van der Waals surface area (Å²) in [6.07, 6.45) is 1.73.